The van der Waals surface area contributed by atoms with Crippen LogP contribution in [0, 0.1) is 11.8 Å². The van der Waals surface area contributed by atoms with Gasteiger partial charge >= 0.3 is 0 Å². The van der Waals surface area contributed by atoms with E-state index in [1.54, 1.807) is 0 Å². The van der Waals surface area contributed by atoms with Gasteiger partial charge in [0.25, 0.3) is 0 Å². The lowest BCUT2D eigenvalue weighted by molar-refractivity contribution is 0.250. The Balaban J connectivity index is 0.000000288. The maximum atomic E-state index is 6.00. The molecule has 0 aromatic heterocycles. The predicted octanol–water partition coefficient (Wildman–Crippen LogP) is 3.12. The van der Waals surface area contributed by atoms with Crippen LogP contribution in [0.1, 0.15) is 53.9 Å². The minimum absolute atomic E-state index is 0.000000000000000222. The Morgan fingerprint density at radius 1 is 0.938 bits per heavy atom. The number of hydrogen-bond acceptors (Lipinski definition) is 2. The van der Waals surface area contributed by atoms with E-state index in [-0.39, 0.29) is 5.54 Å². The summed E-state index contributed by atoms with van der Waals surface area (Å²) < 4.78 is 0. The van der Waals surface area contributed by atoms with Crippen molar-refractivity contribution in [2.45, 2.75) is 59.4 Å². The van der Waals surface area contributed by atoms with Crippen molar-refractivity contribution in [2.24, 2.45) is 17.6 Å². The van der Waals surface area contributed by atoms with Gasteiger partial charge in [-0.3, -0.25) is 0 Å². The summed E-state index contributed by atoms with van der Waals surface area (Å²) in [6, 6.07) is 0. The van der Waals surface area contributed by atoms with E-state index in [2.05, 4.69) is 46.6 Å². The highest BCUT2D eigenvalue weighted by Crippen LogP contribution is 2.21. The quantitative estimate of drug-likeness (QED) is 0.787. The van der Waals surface area contributed by atoms with E-state index in [1.165, 1.54) is 32.4 Å². The van der Waals surface area contributed by atoms with E-state index >= 15 is 0 Å². The highest BCUT2D eigenvalue weighted by atomic mass is 15.1. The number of likely N-dealkylation sites (tertiary alicyclic amines) is 1. The first-order valence-electron chi connectivity index (χ1n) is 6.76. The summed E-state index contributed by atoms with van der Waals surface area (Å²) in [5, 5.41) is 0. The fourth-order valence-corrected chi connectivity index (χ4v) is 1.72. The van der Waals surface area contributed by atoms with Crippen molar-refractivity contribution in [1.82, 2.24) is 4.90 Å². The number of piperidine rings is 1. The highest BCUT2D eigenvalue weighted by molar-refractivity contribution is 4.84. The largest absolute Gasteiger partial charge is 0.325 e. The van der Waals surface area contributed by atoms with Gasteiger partial charge in [0.2, 0.25) is 0 Å². The number of rotatable bonds is 2. The molecule has 2 heteroatoms. The topological polar surface area (TPSA) is 29.3 Å². The van der Waals surface area contributed by atoms with Crippen LogP contribution in [0.5, 0.6) is 0 Å². The van der Waals surface area contributed by atoms with Crippen molar-refractivity contribution in [1.29, 1.82) is 0 Å². The van der Waals surface area contributed by atoms with Crippen LogP contribution in [0.2, 0.25) is 0 Å². The van der Waals surface area contributed by atoms with Crippen LogP contribution in [0.25, 0.3) is 0 Å². The Kier molecular flexibility index (Phi) is 7.25. The third-order valence-corrected chi connectivity index (χ3v) is 4.07. The molecule has 0 spiro atoms. The van der Waals surface area contributed by atoms with Gasteiger partial charge in [0.05, 0.1) is 0 Å². The number of hydrogen-bond donors (Lipinski definition) is 1. The zero-order valence-electron chi connectivity index (χ0n) is 12.2. The Hall–Kier alpha value is -0.0800. The Morgan fingerprint density at radius 3 is 1.44 bits per heavy atom. The van der Waals surface area contributed by atoms with Gasteiger partial charge in [-0.1, -0.05) is 34.1 Å². The second kappa shape index (κ2) is 7.29. The molecule has 0 amide bonds. The summed E-state index contributed by atoms with van der Waals surface area (Å²) in [5.41, 5.74) is 6.00. The standard InChI is InChI=1S/C8H19N.C6H13N/c1-6(2)8(5,9)7(3)4;1-7-5-3-2-4-6-7/h6-7H,9H2,1-5H3;2-6H2,1H3. The van der Waals surface area contributed by atoms with Crippen molar-refractivity contribution in [3.8, 4) is 0 Å². The third kappa shape index (κ3) is 5.86. The lowest BCUT2D eigenvalue weighted by Gasteiger charge is -2.33. The molecule has 16 heavy (non-hydrogen) atoms. The van der Waals surface area contributed by atoms with Gasteiger partial charge < -0.3 is 10.6 Å². The first-order chi connectivity index (χ1) is 7.28. The maximum Gasteiger partial charge on any atom is 0.0172 e. The molecule has 2 N–H and O–H groups in total. The molecule has 2 nitrogen and oxygen atoms in total. The fraction of sp³-hybridized carbons (Fsp3) is 1.00. The number of nitrogens with two attached hydrogens (primary N) is 1. The van der Waals surface area contributed by atoms with Crippen LogP contribution in [-0.2, 0) is 0 Å². The molecule has 0 bridgehead atoms. The van der Waals surface area contributed by atoms with Crippen LogP contribution < -0.4 is 5.73 Å². The first kappa shape index (κ1) is 15.9. The summed E-state index contributed by atoms with van der Waals surface area (Å²) in [4.78, 5) is 2.39. The molecule has 1 aliphatic rings. The van der Waals surface area contributed by atoms with E-state index in [1.807, 2.05) is 0 Å². The average molecular weight is 228 g/mol. The van der Waals surface area contributed by atoms with Crippen molar-refractivity contribution < 1.29 is 0 Å². The molecule has 1 fully saturated rings. The number of nitrogens with zero attached hydrogens (tertiary/aromatic N) is 1. The second-order valence-electron chi connectivity index (χ2n) is 6.04. The summed E-state index contributed by atoms with van der Waals surface area (Å²) in [5.74, 6) is 1.13. The average Bonchev–Trinajstić information content (AvgIpc) is 2.19. The van der Waals surface area contributed by atoms with Gasteiger partial charge in [0, 0.05) is 5.54 Å². The van der Waals surface area contributed by atoms with Crippen LogP contribution in [0.15, 0.2) is 0 Å². The zero-order chi connectivity index (χ0) is 12.8. The SMILES string of the molecule is CC(C)C(C)(N)C(C)C.CN1CCCCC1. The van der Waals surface area contributed by atoms with Crippen LogP contribution in [0.4, 0.5) is 0 Å². The van der Waals surface area contributed by atoms with Crippen LogP contribution >= 0.6 is 0 Å². The Labute approximate surface area is 103 Å². The molecule has 0 radical (unpaired) electrons. The minimum atomic E-state index is 0.000000000000000222. The molecular formula is C14H32N2. The normalized spacial score (nSPS) is 18.6. The maximum absolute atomic E-state index is 6.00. The molecule has 1 saturated heterocycles. The van der Waals surface area contributed by atoms with E-state index in [0.29, 0.717) is 11.8 Å². The lowest BCUT2D eigenvalue weighted by Crippen LogP contribution is -2.46. The smallest absolute Gasteiger partial charge is 0.0172 e. The molecule has 0 atom stereocenters. The predicted molar refractivity (Wildman–Crippen MR) is 73.6 cm³/mol. The van der Waals surface area contributed by atoms with Crippen molar-refractivity contribution in [3.63, 3.8) is 0 Å². The molecule has 1 aliphatic heterocycles. The van der Waals surface area contributed by atoms with Gasteiger partial charge in [-0.05, 0) is 51.7 Å². The van der Waals surface area contributed by atoms with Gasteiger partial charge in [-0.25, -0.2) is 0 Å². The fourth-order valence-electron chi connectivity index (χ4n) is 1.72. The van der Waals surface area contributed by atoms with Gasteiger partial charge in [-0.2, -0.15) is 0 Å². The Bertz CT molecular complexity index is 158. The van der Waals surface area contributed by atoms with Crippen LogP contribution in [-0.4, -0.2) is 30.6 Å². The van der Waals surface area contributed by atoms with Gasteiger partial charge in [0.1, 0.15) is 0 Å². The first-order valence-corrected chi connectivity index (χ1v) is 6.76. The van der Waals surface area contributed by atoms with Crippen LogP contribution in [0.3, 0.4) is 0 Å². The summed E-state index contributed by atoms with van der Waals surface area (Å²) >= 11 is 0. The van der Waals surface area contributed by atoms with E-state index in [9.17, 15) is 0 Å². The molecule has 1 rings (SSSR count). The van der Waals surface area contributed by atoms with E-state index in [4.69, 9.17) is 5.73 Å². The molecule has 0 saturated carbocycles. The van der Waals surface area contributed by atoms with Crippen molar-refractivity contribution in [3.05, 3.63) is 0 Å². The molecule has 1 heterocycles. The van der Waals surface area contributed by atoms with Crippen molar-refractivity contribution in [2.75, 3.05) is 20.1 Å². The molecule has 0 aliphatic carbocycles. The van der Waals surface area contributed by atoms with E-state index in [0.717, 1.165) is 0 Å². The zero-order valence-corrected chi connectivity index (χ0v) is 12.2. The van der Waals surface area contributed by atoms with Gasteiger partial charge in [-0.15, -0.1) is 0 Å². The second-order valence-corrected chi connectivity index (χ2v) is 6.04. The summed E-state index contributed by atoms with van der Waals surface area (Å²) in [6.07, 6.45) is 4.28. The van der Waals surface area contributed by atoms with Crippen molar-refractivity contribution >= 4 is 0 Å². The summed E-state index contributed by atoms with van der Waals surface area (Å²) in [7, 11) is 2.19. The van der Waals surface area contributed by atoms with Gasteiger partial charge in [0.15, 0.2) is 0 Å². The molecule has 0 unspecified atom stereocenters. The lowest BCUT2D eigenvalue weighted by atomic mass is 9.80. The third-order valence-electron chi connectivity index (χ3n) is 4.07. The van der Waals surface area contributed by atoms with E-state index < -0.39 is 0 Å². The minimum Gasteiger partial charge on any atom is -0.325 e. The molecule has 0 aromatic rings. The molecular weight excluding hydrogens is 196 g/mol. The molecule has 98 valence electrons. The highest BCUT2D eigenvalue weighted by Gasteiger charge is 2.26. The monoisotopic (exact) mass is 228 g/mol. The Morgan fingerprint density at radius 2 is 1.31 bits per heavy atom. The molecule has 0 aromatic carbocycles. The summed E-state index contributed by atoms with van der Waals surface area (Å²) in [6.45, 7) is 13.4.